The SMILES string of the molecule is Oc1c(Cl)cc(-c2nc3ccccc3s2)cc1CC(=S)CCCc1ccccc1. The van der Waals surface area contributed by atoms with Crippen LogP contribution in [0.5, 0.6) is 5.75 Å². The van der Waals surface area contributed by atoms with E-state index in [0.717, 1.165) is 50.5 Å². The molecular weight excluding hydrogens is 418 g/mol. The third-order valence-corrected chi connectivity index (χ3v) is 6.56. The van der Waals surface area contributed by atoms with Crippen molar-refractivity contribution in [1.82, 2.24) is 4.98 Å². The summed E-state index contributed by atoms with van der Waals surface area (Å²) in [5, 5.41) is 11.7. The number of rotatable bonds is 7. The van der Waals surface area contributed by atoms with Crippen molar-refractivity contribution < 1.29 is 5.11 Å². The standard InChI is InChI=1S/C24H20ClNOS2/c25-20-15-18(24-26-21-11-4-5-12-22(21)29-24)13-17(23(20)27)14-19(28)10-6-9-16-7-2-1-3-8-16/h1-5,7-8,11-13,15,27H,6,9-10,14H2. The Morgan fingerprint density at radius 2 is 1.79 bits per heavy atom. The van der Waals surface area contributed by atoms with Gasteiger partial charge in [-0.2, -0.15) is 0 Å². The molecular formula is C24H20ClNOS2. The number of aromatic hydroxyl groups is 1. The molecule has 1 N–H and O–H groups in total. The summed E-state index contributed by atoms with van der Waals surface area (Å²) in [6.07, 6.45) is 3.37. The molecule has 29 heavy (non-hydrogen) atoms. The van der Waals surface area contributed by atoms with Crippen molar-refractivity contribution in [3.63, 3.8) is 0 Å². The minimum atomic E-state index is 0.113. The number of phenolic OH excluding ortho intramolecular Hbond substituents is 1. The van der Waals surface area contributed by atoms with Gasteiger partial charge >= 0.3 is 0 Å². The summed E-state index contributed by atoms with van der Waals surface area (Å²) in [6, 6.07) is 22.2. The molecule has 1 aromatic heterocycles. The molecule has 0 amide bonds. The van der Waals surface area contributed by atoms with Crippen molar-refractivity contribution in [1.29, 1.82) is 0 Å². The van der Waals surface area contributed by atoms with E-state index in [1.165, 1.54) is 5.56 Å². The van der Waals surface area contributed by atoms with Gasteiger partial charge in [-0.25, -0.2) is 4.98 Å². The number of aryl methyl sites for hydroxylation is 1. The fourth-order valence-corrected chi connectivity index (χ4v) is 4.84. The smallest absolute Gasteiger partial charge is 0.137 e. The van der Waals surface area contributed by atoms with Crippen LogP contribution in [-0.2, 0) is 12.8 Å². The summed E-state index contributed by atoms with van der Waals surface area (Å²) in [7, 11) is 0. The van der Waals surface area contributed by atoms with Crippen LogP contribution >= 0.6 is 35.2 Å². The van der Waals surface area contributed by atoms with Gasteiger partial charge in [0, 0.05) is 17.5 Å². The third kappa shape index (κ3) is 4.84. The van der Waals surface area contributed by atoms with Gasteiger partial charge in [0.2, 0.25) is 0 Å². The molecule has 5 heteroatoms. The van der Waals surface area contributed by atoms with Crippen LogP contribution in [0.4, 0.5) is 0 Å². The molecule has 0 aliphatic heterocycles. The summed E-state index contributed by atoms with van der Waals surface area (Å²) in [5.41, 5.74) is 3.96. The van der Waals surface area contributed by atoms with Crippen molar-refractivity contribution in [3.05, 3.63) is 82.9 Å². The highest BCUT2D eigenvalue weighted by Gasteiger charge is 2.14. The molecule has 0 saturated heterocycles. The molecule has 3 aromatic carbocycles. The first kappa shape index (κ1) is 20.0. The van der Waals surface area contributed by atoms with Crippen LogP contribution in [0.2, 0.25) is 5.02 Å². The molecule has 0 bridgehead atoms. The number of thiocarbonyl (C=S) groups is 1. The lowest BCUT2D eigenvalue weighted by Crippen LogP contribution is -2.02. The summed E-state index contributed by atoms with van der Waals surface area (Å²) >= 11 is 13.5. The van der Waals surface area contributed by atoms with Gasteiger partial charge < -0.3 is 5.11 Å². The molecule has 146 valence electrons. The number of halogens is 1. The zero-order chi connectivity index (χ0) is 20.2. The number of hydrogen-bond acceptors (Lipinski definition) is 4. The first-order valence-corrected chi connectivity index (χ1v) is 11.1. The molecule has 0 fully saturated rings. The van der Waals surface area contributed by atoms with Crippen LogP contribution in [-0.4, -0.2) is 15.0 Å². The Morgan fingerprint density at radius 3 is 2.59 bits per heavy atom. The predicted molar refractivity (Wildman–Crippen MR) is 127 cm³/mol. The van der Waals surface area contributed by atoms with Gasteiger partial charge in [-0.1, -0.05) is 66.3 Å². The Bertz CT molecular complexity index is 1120. The molecule has 0 aliphatic rings. The Balaban J connectivity index is 1.49. The molecule has 0 unspecified atom stereocenters. The highest BCUT2D eigenvalue weighted by Crippen LogP contribution is 2.37. The monoisotopic (exact) mass is 437 g/mol. The van der Waals surface area contributed by atoms with Crippen LogP contribution < -0.4 is 0 Å². The minimum absolute atomic E-state index is 0.113. The summed E-state index contributed by atoms with van der Waals surface area (Å²) < 4.78 is 1.13. The lowest BCUT2D eigenvalue weighted by molar-refractivity contribution is 0.470. The maximum atomic E-state index is 10.5. The minimum Gasteiger partial charge on any atom is -0.506 e. The molecule has 0 saturated carbocycles. The lowest BCUT2D eigenvalue weighted by Gasteiger charge is -2.10. The fraction of sp³-hybridized carbons (Fsp3) is 0.167. The maximum absolute atomic E-state index is 10.5. The average Bonchev–Trinajstić information content (AvgIpc) is 3.16. The normalized spacial score (nSPS) is 11.1. The van der Waals surface area contributed by atoms with Crippen LogP contribution in [0, 0.1) is 0 Å². The van der Waals surface area contributed by atoms with E-state index in [-0.39, 0.29) is 5.75 Å². The van der Waals surface area contributed by atoms with Gasteiger partial charge in [0.15, 0.2) is 0 Å². The molecule has 1 heterocycles. The summed E-state index contributed by atoms with van der Waals surface area (Å²) in [5.74, 6) is 0.113. The predicted octanol–water partition coefficient (Wildman–Crippen LogP) is 7.26. The molecule has 0 aliphatic carbocycles. The van der Waals surface area contributed by atoms with E-state index in [1.54, 1.807) is 17.4 Å². The number of thiazole rings is 1. The molecule has 0 atom stereocenters. The summed E-state index contributed by atoms with van der Waals surface area (Å²) in [4.78, 5) is 5.63. The number of fused-ring (bicyclic) bond motifs is 1. The van der Waals surface area contributed by atoms with Crippen molar-refractivity contribution in [2.75, 3.05) is 0 Å². The van der Waals surface area contributed by atoms with Gasteiger partial charge in [-0.05, 0) is 54.0 Å². The molecule has 4 rings (SSSR count). The molecule has 0 spiro atoms. The second-order valence-electron chi connectivity index (χ2n) is 7.01. The highest BCUT2D eigenvalue weighted by atomic mass is 35.5. The summed E-state index contributed by atoms with van der Waals surface area (Å²) in [6.45, 7) is 0. The highest BCUT2D eigenvalue weighted by molar-refractivity contribution is 7.80. The largest absolute Gasteiger partial charge is 0.506 e. The molecule has 4 aromatic rings. The number of hydrogen-bond donors (Lipinski definition) is 1. The molecule has 0 radical (unpaired) electrons. The Morgan fingerprint density at radius 1 is 1.03 bits per heavy atom. The number of benzene rings is 3. The van der Waals surface area contributed by atoms with Crippen LogP contribution in [0.25, 0.3) is 20.8 Å². The van der Waals surface area contributed by atoms with Crippen LogP contribution in [0.15, 0.2) is 66.7 Å². The van der Waals surface area contributed by atoms with Gasteiger partial charge in [-0.3, -0.25) is 0 Å². The Labute approximate surface area is 184 Å². The number of aromatic nitrogens is 1. The van der Waals surface area contributed by atoms with Crippen molar-refractivity contribution >= 4 is 50.2 Å². The number of nitrogens with zero attached hydrogens (tertiary/aromatic N) is 1. The maximum Gasteiger partial charge on any atom is 0.137 e. The first-order chi connectivity index (χ1) is 14.1. The van der Waals surface area contributed by atoms with Gasteiger partial charge in [-0.15, -0.1) is 11.3 Å². The van der Waals surface area contributed by atoms with Crippen LogP contribution in [0.3, 0.4) is 0 Å². The number of para-hydroxylation sites is 1. The third-order valence-electron chi connectivity index (χ3n) is 4.83. The lowest BCUT2D eigenvalue weighted by atomic mass is 10.0. The van der Waals surface area contributed by atoms with Gasteiger partial charge in [0.05, 0.1) is 15.2 Å². The van der Waals surface area contributed by atoms with Crippen molar-refractivity contribution in [2.24, 2.45) is 0 Å². The topological polar surface area (TPSA) is 33.1 Å². The van der Waals surface area contributed by atoms with Gasteiger partial charge in [0.25, 0.3) is 0 Å². The van der Waals surface area contributed by atoms with E-state index in [0.29, 0.717) is 11.4 Å². The van der Waals surface area contributed by atoms with Crippen molar-refractivity contribution in [2.45, 2.75) is 25.7 Å². The quantitative estimate of drug-likeness (QED) is 0.309. The first-order valence-electron chi connectivity index (χ1n) is 9.53. The fourth-order valence-electron chi connectivity index (χ4n) is 3.35. The van der Waals surface area contributed by atoms with E-state index >= 15 is 0 Å². The Kier molecular flexibility index (Phi) is 6.24. The van der Waals surface area contributed by atoms with Gasteiger partial charge in [0.1, 0.15) is 10.8 Å². The van der Waals surface area contributed by atoms with E-state index in [4.69, 9.17) is 28.8 Å². The van der Waals surface area contributed by atoms with E-state index in [1.807, 2.05) is 30.3 Å². The second kappa shape index (κ2) is 9.04. The zero-order valence-corrected chi connectivity index (χ0v) is 18.2. The second-order valence-corrected chi connectivity index (χ2v) is 9.02. The zero-order valence-electron chi connectivity index (χ0n) is 15.8. The van der Waals surface area contributed by atoms with E-state index in [9.17, 15) is 5.11 Å². The molecule has 2 nitrogen and oxygen atoms in total. The Hall–Kier alpha value is -2.27. The van der Waals surface area contributed by atoms with Crippen molar-refractivity contribution in [3.8, 4) is 16.3 Å². The van der Waals surface area contributed by atoms with E-state index < -0.39 is 0 Å². The average molecular weight is 438 g/mol. The van der Waals surface area contributed by atoms with E-state index in [2.05, 4.69) is 30.3 Å². The van der Waals surface area contributed by atoms with Crippen LogP contribution in [0.1, 0.15) is 24.0 Å². The number of phenols is 1.